The summed E-state index contributed by atoms with van der Waals surface area (Å²) in [5, 5.41) is 4.08. The Kier molecular flexibility index (Phi) is 2.72. The van der Waals surface area contributed by atoms with Crippen molar-refractivity contribution in [2.24, 2.45) is 5.41 Å². The minimum atomic E-state index is 0.206. The Morgan fingerprint density at radius 3 is 2.87 bits per heavy atom. The molecule has 0 radical (unpaired) electrons. The van der Waals surface area contributed by atoms with E-state index in [0.29, 0.717) is 17.2 Å². The molecule has 1 aliphatic rings. The molecule has 84 valence electrons. The summed E-state index contributed by atoms with van der Waals surface area (Å²) >= 11 is 3.31. The third-order valence-corrected chi connectivity index (χ3v) is 3.10. The molecule has 1 aromatic heterocycles. The molecule has 0 spiro atoms. The molecule has 1 aromatic rings. The third kappa shape index (κ3) is 2.49. The van der Waals surface area contributed by atoms with E-state index in [1.807, 2.05) is 0 Å². The van der Waals surface area contributed by atoms with Crippen molar-refractivity contribution in [3.05, 3.63) is 4.73 Å². The van der Waals surface area contributed by atoms with Gasteiger partial charge in [0.2, 0.25) is 5.95 Å². The quantitative estimate of drug-likeness (QED) is 0.886. The Morgan fingerprint density at radius 2 is 2.40 bits per heavy atom. The lowest BCUT2D eigenvalue weighted by Crippen LogP contribution is -2.17. The van der Waals surface area contributed by atoms with Crippen LogP contribution < -0.4 is 5.73 Å². The van der Waals surface area contributed by atoms with Crippen molar-refractivity contribution < 1.29 is 4.74 Å². The summed E-state index contributed by atoms with van der Waals surface area (Å²) in [5.41, 5.74) is 5.76. The van der Waals surface area contributed by atoms with Gasteiger partial charge in [-0.3, -0.25) is 0 Å². The number of hydrogen-bond acceptors (Lipinski definition) is 4. The summed E-state index contributed by atoms with van der Waals surface area (Å²) < 4.78 is 8.08. The summed E-state index contributed by atoms with van der Waals surface area (Å²) in [5.74, 6) is 0.291. The average molecular weight is 275 g/mol. The maximum absolute atomic E-state index is 5.69. The van der Waals surface area contributed by atoms with Crippen LogP contribution in [0.2, 0.25) is 0 Å². The number of rotatable bonds is 2. The zero-order valence-electron chi connectivity index (χ0n) is 8.90. The molecule has 1 unspecified atom stereocenters. The Morgan fingerprint density at radius 1 is 1.67 bits per heavy atom. The molecular formula is C9H15BrN4O. The first kappa shape index (κ1) is 10.9. The van der Waals surface area contributed by atoms with E-state index in [1.165, 1.54) is 0 Å². The van der Waals surface area contributed by atoms with E-state index >= 15 is 0 Å². The number of ether oxygens (including phenoxy) is 1. The van der Waals surface area contributed by atoms with Crippen molar-refractivity contribution in [1.82, 2.24) is 14.8 Å². The molecule has 0 aromatic carbocycles. The van der Waals surface area contributed by atoms with Crippen LogP contribution in [0.1, 0.15) is 20.3 Å². The van der Waals surface area contributed by atoms with Gasteiger partial charge in [-0.2, -0.15) is 4.98 Å². The van der Waals surface area contributed by atoms with E-state index in [0.717, 1.165) is 13.0 Å². The average Bonchev–Trinajstić information content (AvgIpc) is 2.57. The normalized spacial score (nSPS) is 24.6. The molecule has 2 rings (SSSR count). The highest BCUT2D eigenvalue weighted by molar-refractivity contribution is 9.10. The first-order valence-corrected chi connectivity index (χ1v) is 5.73. The van der Waals surface area contributed by atoms with Crippen molar-refractivity contribution in [2.45, 2.75) is 32.9 Å². The molecule has 1 saturated heterocycles. The second-order valence-corrected chi connectivity index (χ2v) is 5.43. The lowest BCUT2D eigenvalue weighted by Gasteiger charge is -2.13. The van der Waals surface area contributed by atoms with E-state index in [2.05, 4.69) is 39.9 Å². The van der Waals surface area contributed by atoms with Crippen LogP contribution in [0, 0.1) is 5.41 Å². The summed E-state index contributed by atoms with van der Waals surface area (Å²) in [6.45, 7) is 5.92. The van der Waals surface area contributed by atoms with Crippen LogP contribution in [-0.2, 0) is 11.3 Å². The maximum Gasteiger partial charge on any atom is 0.240 e. The summed E-state index contributed by atoms with van der Waals surface area (Å²) in [4.78, 5) is 3.98. The second-order valence-electron chi connectivity index (χ2n) is 4.72. The van der Waals surface area contributed by atoms with Gasteiger partial charge < -0.3 is 10.5 Å². The Hall–Kier alpha value is -0.620. The van der Waals surface area contributed by atoms with E-state index in [4.69, 9.17) is 10.5 Å². The monoisotopic (exact) mass is 274 g/mol. The van der Waals surface area contributed by atoms with Crippen molar-refractivity contribution in [2.75, 3.05) is 12.3 Å². The molecule has 0 aliphatic carbocycles. The highest BCUT2D eigenvalue weighted by Crippen LogP contribution is 2.32. The van der Waals surface area contributed by atoms with Crippen LogP contribution >= 0.6 is 15.9 Å². The van der Waals surface area contributed by atoms with Gasteiger partial charge in [0, 0.05) is 0 Å². The first-order valence-electron chi connectivity index (χ1n) is 4.94. The van der Waals surface area contributed by atoms with Gasteiger partial charge in [0.1, 0.15) is 0 Å². The van der Waals surface area contributed by atoms with Crippen LogP contribution in [0.3, 0.4) is 0 Å². The predicted molar refractivity (Wildman–Crippen MR) is 60.3 cm³/mol. The summed E-state index contributed by atoms with van der Waals surface area (Å²) in [6, 6.07) is 0. The van der Waals surface area contributed by atoms with E-state index < -0.39 is 0 Å². The molecular weight excluding hydrogens is 260 g/mol. The first-order chi connectivity index (χ1) is 6.96. The van der Waals surface area contributed by atoms with E-state index in [1.54, 1.807) is 4.68 Å². The SMILES string of the molecule is CC1(C)COC(Cn2nc(N)nc2Br)C1. The zero-order chi connectivity index (χ0) is 11.1. The molecule has 1 atom stereocenters. The van der Waals surface area contributed by atoms with Crippen LogP contribution in [-0.4, -0.2) is 27.5 Å². The molecule has 5 nitrogen and oxygen atoms in total. The standard InChI is InChI=1S/C9H15BrN4O/c1-9(2)3-6(15-5-9)4-14-7(10)12-8(11)13-14/h6H,3-5H2,1-2H3,(H2,11,13). The highest BCUT2D eigenvalue weighted by atomic mass is 79.9. The van der Waals surface area contributed by atoms with Gasteiger partial charge in [0.25, 0.3) is 0 Å². The molecule has 0 saturated carbocycles. The summed E-state index contributed by atoms with van der Waals surface area (Å²) in [6.07, 6.45) is 1.25. The number of halogens is 1. The Labute approximate surface area is 97.1 Å². The van der Waals surface area contributed by atoms with Crippen LogP contribution in [0.15, 0.2) is 4.73 Å². The molecule has 2 N–H and O–H groups in total. The summed E-state index contributed by atoms with van der Waals surface area (Å²) in [7, 11) is 0. The minimum absolute atomic E-state index is 0.206. The predicted octanol–water partition coefficient (Wildman–Crippen LogP) is 1.44. The van der Waals surface area contributed by atoms with Gasteiger partial charge in [-0.25, -0.2) is 4.68 Å². The Balaban J connectivity index is 2.01. The fraction of sp³-hybridized carbons (Fsp3) is 0.778. The molecule has 15 heavy (non-hydrogen) atoms. The smallest absolute Gasteiger partial charge is 0.240 e. The second kappa shape index (κ2) is 3.75. The fourth-order valence-corrected chi connectivity index (χ4v) is 2.25. The van der Waals surface area contributed by atoms with Gasteiger partial charge in [0.05, 0.1) is 19.3 Å². The van der Waals surface area contributed by atoms with Gasteiger partial charge in [-0.05, 0) is 27.8 Å². The van der Waals surface area contributed by atoms with Crippen LogP contribution in [0.4, 0.5) is 5.95 Å². The molecule has 0 amide bonds. The van der Waals surface area contributed by atoms with Gasteiger partial charge in [-0.15, -0.1) is 5.10 Å². The van der Waals surface area contributed by atoms with Crippen molar-refractivity contribution >= 4 is 21.9 Å². The molecule has 0 bridgehead atoms. The number of nitrogen functional groups attached to an aromatic ring is 1. The van der Waals surface area contributed by atoms with Gasteiger partial charge in [-0.1, -0.05) is 13.8 Å². The Bertz CT molecular complexity index is 363. The molecule has 1 aliphatic heterocycles. The van der Waals surface area contributed by atoms with Crippen molar-refractivity contribution in [3.63, 3.8) is 0 Å². The largest absolute Gasteiger partial charge is 0.376 e. The topological polar surface area (TPSA) is 66.0 Å². The van der Waals surface area contributed by atoms with Gasteiger partial charge in [0.15, 0.2) is 4.73 Å². The number of aromatic nitrogens is 3. The maximum atomic E-state index is 5.69. The van der Waals surface area contributed by atoms with Crippen LogP contribution in [0.5, 0.6) is 0 Å². The number of nitrogens with two attached hydrogens (primary N) is 1. The third-order valence-electron chi connectivity index (χ3n) is 2.51. The minimum Gasteiger partial charge on any atom is -0.376 e. The van der Waals surface area contributed by atoms with Crippen LogP contribution in [0.25, 0.3) is 0 Å². The lowest BCUT2D eigenvalue weighted by atomic mass is 9.91. The fourth-order valence-electron chi connectivity index (χ4n) is 1.84. The highest BCUT2D eigenvalue weighted by Gasteiger charge is 2.32. The molecule has 1 fully saturated rings. The number of anilines is 1. The molecule has 2 heterocycles. The zero-order valence-corrected chi connectivity index (χ0v) is 10.5. The number of hydrogen-bond donors (Lipinski definition) is 1. The van der Waals surface area contributed by atoms with Gasteiger partial charge >= 0.3 is 0 Å². The lowest BCUT2D eigenvalue weighted by molar-refractivity contribution is 0.0847. The van der Waals surface area contributed by atoms with Crippen molar-refractivity contribution in [1.29, 1.82) is 0 Å². The molecule has 6 heteroatoms. The van der Waals surface area contributed by atoms with E-state index in [9.17, 15) is 0 Å². The number of nitrogens with zero attached hydrogens (tertiary/aromatic N) is 3. The van der Waals surface area contributed by atoms with Crippen molar-refractivity contribution in [3.8, 4) is 0 Å². The van der Waals surface area contributed by atoms with E-state index in [-0.39, 0.29) is 11.5 Å².